The first-order valence-corrected chi connectivity index (χ1v) is 10.1. The third-order valence-corrected chi connectivity index (χ3v) is 6.89. The van der Waals surface area contributed by atoms with E-state index >= 15 is 0 Å². The summed E-state index contributed by atoms with van der Waals surface area (Å²) in [6.45, 7) is 3.84. The van der Waals surface area contributed by atoms with Crippen LogP contribution in [-0.2, 0) is 10.2 Å². The van der Waals surface area contributed by atoms with Gasteiger partial charge in [-0.1, -0.05) is 31.2 Å². The fourth-order valence-corrected chi connectivity index (χ4v) is 4.92. The predicted molar refractivity (Wildman–Crippen MR) is 103 cm³/mol. The van der Waals surface area contributed by atoms with Crippen molar-refractivity contribution in [2.24, 2.45) is 5.41 Å². The molecule has 1 saturated heterocycles. The Morgan fingerprint density at radius 3 is 2.59 bits per heavy atom. The van der Waals surface area contributed by atoms with Crippen LogP contribution in [0.15, 0.2) is 48.8 Å². The molecule has 1 amide bonds. The molecule has 2 aromatic rings. The Kier molecular flexibility index (Phi) is 3.78. The zero-order chi connectivity index (χ0) is 18.5. The van der Waals surface area contributed by atoms with E-state index < -0.39 is 0 Å². The third-order valence-electron chi connectivity index (χ3n) is 6.89. The zero-order valence-electron chi connectivity index (χ0n) is 15.9. The van der Waals surface area contributed by atoms with Crippen LogP contribution in [0.5, 0.6) is 5.75 Å². The molecule has 1 aromatic heterocycles. The lowest BCUT2D eigenvalue weighted by molar-refractivity contribution is -0.138. The van der Waals surface area contributed by atoms with E-state index in [-0.39, 0.29) is 16.9 Å². The molecule has 0 N–H and O–H groups in total. The van der Waals surface area contributed by atoms with Crippen LogP contribution in [0.4, 0.5) is 0 Å². The fourth-order valence-electron chi connectivity index (χ4n) is 4.92. The summed E-state index contributed by atoms with van der Waals surface area (Å²) in [5.74, 6) is 1.19. The molecule has 4 nitrogen and oxygen atoms in total. The first-order chi connectivity index (χ1) is 13.1. The molecule has 0 radical (unpaired) electrons. The van der Waals surface area contributed by atoms with Crippen molar-refractivity contribution in [1.82, 2.24) is 9.88 Å². The van der Waals surface area contributed by atoms with Gasteiger partial charge in [0.25, 0.3) is 0 Å². The molecule has 27 heavy (non-hydrogen) atoms. The predicted octanol–water partition coefficient (Wildman–Crippen LogP) is 4.27. The van der Waals surface area contributed by atoms with E-state index in [9.17, 15) is 4.79 Å². The standard InChI is InChI=1S/C23H26N2O2/c1-22(8-9-22)21(26)25-13-10-23(11-14-25)15-20(18-6-2-3-7-19(18)23)27-17-5-4-12-24-16-17/h2-7,12,16,20H,8-11,13-15H2,1H3. The van der Waals surface area contributed by atoms with Crippen molar-refractivity contribution < 1.29 is 9.53 Å². The molecule has 1 saturated carbocycles. The molecule has 2 aliphatic carbocycles. The van der Waals surface area contributed by atoms with E-state index in [1.807, 2.05) is 12.1 Å². The Bertz CT molecular complexity index is 852. The second kappa shape index (κ2) is 6.08. The second-order valence-corrected chi connectivity index (χ2v) is 8.72. The zero-order valence-corrected chi connectivity index (χ0v) is 15.9. The van der Waals surface area contributed by atoms with Gasteiger partial charge in [0.2, 0.25) is 5.91 Å². The Balaban J connectivity index is 1.37. The van der Waals surface area contributed by atoms with Crippen LogP contribution in [-0.4, -0.2) is 28.9 Å². The summed E-state index contributed by atoms with van der Waals surface area (Å²) in [6, 6.07) is 12.6. The molecular formula is C23H26N2O2. The largest absolute Gasteiger partial charge is 0.484 e. The van der Waals surface area contributed by atoms with Gasteiger partial charge in [-0.05, 0) is 55.4 Å². The number of nitrogens with zero attached hydrogens (tertiary/aromatic N) is 2. The van der Waals surface area contributed by atoms with E-state index in [1.54, 1.807) is 12.4 Å². The lowest BCUT2D eigenvalue weighted by Crippen LogP contribution is -2.46. The number of aromatic nitrogens is 1. The van der Waals surface area contributed by atoms with E-state index in [1.165, 1.54) is 11.1 Å². The molecule has 4 heteroatoms. The third kappa shape index (κ3) is 2.82. The highest BCUT2D eigenvalue weighted by Gasteiger charge is 2.51. The Hall–Kier alpha value is -2.36. The monoisotopic (exact) mass is 362 g/mol. The molecule has 0 bridgehead atoms. The van der Waals surface area contributed by atoms with Crippen molar-refractivity contribution in [3.05, 3.63) is 59.9 Å². The number of likely N-dealkylation sites (tertiary alicyclic amines) is 1. The van der Waals surface area contributed by atoms with Gasteiger partial charge in [0.05, 0.1) is 6.20 Å². The maximum absolute atomic E-state index is 12.7. The van der Waals surface area contributed by atoms with Gasteiger partial charge >= 0.3 is 0 Å². The number of ether oxygens (including phenoxy) is 1. The van der Waals surface area contributed by atoms with Gasteiger partial charge in [-0.3, -0.25) is 9.78 Å². The molecule has 1 spiro atoms. The first kappa shape index (κ1) is 16.8. The SMILES string of the molecule is CC1(C(=O)N2CCC3(CC2)CC(Oc2cccnc2)c2ccccc23)CC1. The molecule has 1 atom stereocenters. The van der Waals surface area contributed by atoms with Gasteiger partial charge in [0, 0.05) is 30.1 Å². The van der Waals surface area contributed by atoms with E-state index in [4.69, 9.17) is 4.74 Å². The number of piperidine rings is 1. The average molecular weight is 362 g/mol. The summed E-state index contributed by atoms with van der Waals surface area (Å²) in [7, 11) is 0. The minimum Gasteiger partial charge on any atom is -0.484 e. The quantitative estimate of drug-likeness (QED) is 0.819. The number of carbonyl (C=O) groups excluding carboxylic acids is 1. The molecule has 2 fully saturated rings. The highest BCUT2D eigenvalue weighted by atomic mass is 16.5. The molecule has 1 unspecified atom stereocenters. The lowest BCUT2D eigenvalue weighted by Gasteiger charge is -2.41. The van der Waals surface area contributed by atoms with Gasteiger partial charge in [-0.2, -0.15) is 0 Å². The van der Waals surface area contributed by atoms with Crippen LogP contribution in [0, 0.1) is 5.41 Å². The maximum Gasteiger partial charge on any atom is 0.228 e. The molecule has 1 aliphatic heterocycles. The normalized spacial score (nSPS) is 24.5. The van der Waals surface area contributed by atoms with Crippen molar-refractivity contribution in [3.63, 3.8) is 0 Å². The van der Waals surface area contributed by atoms with Crippen LogP contribution >= 0.6 is 0 Å². The van der Waals surface area contributed by atoms with Crippen molar-refractivity contribution in [2.75, 3.05) is 13.1 Å². The Labute approximate surface area is 160 Å². The average Bonchev–Trinajstić information content (AvgIpc) is 3.40. The second-order valence-electron chi connectivity index (χ2n) is 8.72. The summed E-state index contributed by atoms with van der Waals surface area (Å²) in [5.41, 5.74) is 2.79. The van der Waals surface area contributed by atoms with E-state index in [0.29, 0.717) is 5.91 Å². The summed E-state index contributed by atoms with van der Waals surface area (Å²) in [5, 5.41) is 0. The summed E-state index contributed by atoms with van der Waals surface area (Å²) in [4.78, 5) is 19.0. The molecule has 140 valence electrons. The highest BCUT2D eigenvalue weighted by Crippen LogP contribution is 2.53. The van der Waals surface area contributed by atoms with Crippen LogP contribution < -0.4 is 4.74 Å². The topological polar surface area (TPSA) is 42.4 Å². The minimum atomic E-state index is -0.0654. The molecule has 3 aliphatic rings. The lowest BCUT2D eigenvalue weighted by atomic mass is 9.73. The van der Waals surface area contributed by atoms with Crippen LogP contribution in [0.1, 0.15) is 56.3 Å². The van der Waals surface area contributed by atoms with Crippen molar-refractivity contribution in [1.29, 1.82) is 0 Å². The van der Waals surface area contributed by atoms with Crippen LogP contribution in [0.3, 0.4) is 0 Å². The number of fused-ring (bicyclic) bond motifs is 2. The highest BCUT2D eigenvalue weighted by molar-refractivity contribution is 5.85. The fraction of sp³-hybridized carbons (Fsp3) is 0.478. The number of hydrogen-bond donors (Lipinski definition) is 0. The van der Waals surface area contributed by atoms with E-state index in [0.717, 1.165) is 50.9 Å². The van der Waals surface area contributed by atoms with Crippen LogP contribution in [0.2, 0.25) is 0 Å². The maximum atomic E-state index is 12.7. The number of rotatable bonds is 3. The van der Waals surface area contributed by atoms with Crippen molar-refractivity contribution >= 4 is 5.91 Å². The van der Waals surface area contributed by atoms with Gasteiger partial charge in [-0.15, -0.1) is 0 Å². The summed E-state index contributed by atoms with van der Waals surface area (Å²) < 4.78 is 6.32. The van der Waals surface area contributed by atoms with Crippen molar-refractivity contribution in [3.8, 4) is 5.75 Å². The molecule has 1 aromatic carbocycles. The van der Waals surface area contributed by atoms with Gasteiger partial charge in [0.1, 0.15) is 11.9 Å². The smallest absolute Gasteiger partial charge is 0.228 e. The van der Waals surface area contributed by atoms with Gasteiger partial charge in [-0.25, -0.2) is 0 Å². The Morgan fingerprint density at radius 1 is 1.11 bits per heavy atom. The van der Waals surface area contributed by atoms with Gasteiger partial charge in [0.15, 0.2) is 0 Å². The Morgan fingerprint density at radius 2 is 1.89 bits per heavy atom. The molecule has 2 heterocycles. The number of carbonyl (C=O) groups is 1. The van der Waals surface area contributed by atoms with E-state index in [2.05, 4.69) is 41.1 Å². The first-order valence-electron chi connectivity index (χ1n) is 10.1. The number of pyridine rings is 1. The van der Waals surface area contributed by atoms with Crippen LogP contribution in [0.25, 0.3) is 0 Å². The summed E-state index contributed by atoms with van der Waals surface area (Å²) in [6.07, 6.45) is 8.76. The minimum absolute atomic E-state index is 0.0635. The number of amides is 1. The molecular weight excluding hydrogens is 336 g/mol. The van der Waals surface area contributed by atoms with Gasteiger partial charge < -0.3 is 9.64 Å². The van der Waals surface area contributed by atoms with Crippen molar-refractivity contribution in [2.45, 2.75) is 50.5 Å². The molecule has 5 rings (SSSR count). The number of benzene rings is 1. The summed E-state index contributed by atoms with van der Waals surface area (Å²) >= 11 is 0. The number of hydrogen-bond acceptors (Lipinski definition) is 3.